The van der Waals surface area contributed by atoms with Crippen LogP contribution in [0, 0.1) is 17.8 Å². The molecule has 2 rings (SSSR count). The van der Waals surface area contributed by atoms with E-state index in [-0.39, 0.29) is 5.54 Å². The van der Waals surface area contributed by atoms with Crippen LogP contribution in [0.2, 0.25) is 0 Å². The zero-order chi connectivity index (χ0) is 15.5. The minimum atomic E-state index is 0.187. The molecule has 3 unspecified atom stereocenters. The number of rotatable bonds is 4. The van der Waals surface area contributed by atoms with Crippen molar-refractivity contribution in [2.75, 3.05) is 6.54 Å². The number of aromatic nitrogens is 2. The topological polar surface area (TPSA) is 37.8 Å². The summed E-state index contributed by atoms with van der Waals surface area (Å²) in [5, 5.41) is 3.69. The van der Waals surface area contributed by atoms with Gasteiger partial charge in [-0.2, -0.15) is 0 Å². The molecule has 1 aliphatic carbocycles. The molecule has 1 heterocycles. The Kier molecular flexibility index (Phi) is 5.37. The maximum Gasteiger partial charge on any atom is 0.115 e. The quantitative estimate of drug-likeness (QED) is 0.909. The molecule has 1 saturated carbocycles. The van der Waals surface area contributed by atoms with Gasteiger partial charge in [0, 0.05) is 17.9 Å². The lowest BCUT2D eigenvalue weighted by Crippen LogP contribution is -2.42. The summed E-state index contributed by atoms with van der Waals surface area (Å²) >= 11 is 0. The number of hydrogen-bond donors (Lipinski definition) is 1. The van der Waals surface area contributed by atoms with Gasteiger partial charge in [-0.05, 0) is 75.8 Å². The van der Waals surface area contributed by atoms with Gasteiger partial charge in [-0.1, -0.05) is 13.8 Å². The second-order valence-corrected chi connectivity index (χ2v) is 7.99. The number of hydrogen-bond acceptors (Lipinski definition) is 3. The number of nitrogens with one attached hydrogen (secondary N) is 1. The average molecular weight is 289 g/mol. The molecule has 1 fully saturated rings. The molecule has 0 aliphatic heterocycles. The van der Waals surface area contributed by atoms with Crippen LogP contribution >= 0.6 is 0 Å². The van der Waals surface area contributed by atoms with Crippen LogP contribution in [0.15, 0.2) is 18.7 Å². The van der Waals surface area contributed by atoms with Crippen LogP contribution in [0.4, 0.5) is 0 Å². The van der Waals surface area contributed by atoms with Crippen molar-refractivity contribution in [2.45, 2.75) is 65.3 Å². The molecule has 21 heavy (non-hydrogen) atoms. The molecular weight excluding hydrogens is 258 g/mol. The summed E-state index contributed by atoms with van der Waals surface area (Å²) in [7, 11) is 0. The van der Waals surface area contributed by atoms with Crippen LogP contribution < -0.4 is 5.32 Å². The van der Waals surface area contributed by atoms with Gasteiger partial charge in [0.15, 0.2) is 0 Å². The van der Waals surface area contributed by atoms with E-state index in [1.54, 1.807) is 6.33 Å². The Labute approximate surface area is 130 Å². The zero-order valence-corrected chi connectivity index (χ0v) is 14.3. The highest BCUT2D eigenvalue weighted by Gasteiger charge is 2.33. The zero-order valence-electron chi connectivity index (χ0n) is 14.3. The van der Waals surface area contributed by atoms with Crippen LogP contribution in [0.25, 0.3) is 0 Å². The molecule has 1 aromatic heterocycles. The van der Waals surface area contributed by atoms with E-state index >= 15 is 0 Å². The van der Waals surface area contributed by atoms with Gasteiger partial charge < -0.3 is 5.32 Å². The van der Waals surface area contributed by atoms with Crippen molar-refractivity contribution in [1.82, 2.24) is 15.3 Å². The van der Waals surface area contributed by atoms with Crippen LogP contribution in [0.3, 0.4) is 0 Å². The molecule has 0 spiro atoms. The predicted octanol–water partition coefficient (Wildman–Crippen LogP) is 4.02. The van der Waals surface area contributed by atoms with E-state index in [2.05, 4.69) is 49.9 Å². The molecule has 0 amide bonds. The summed E-state index contributed by atoms with van der Waals surface area (Å²) in [4.78, 5) is 8.48. The fraction of sp³-hybridized carbons (Fsp3) is 0.778. The largest absolute Gasteiger partial charge is 0.312 e. The third-order valence-corrected chi connectivity index (χ3v) is 4.88. The van der Waals surface area contributed by atoms with E-state index in [9.17, 15) is 0 Å². The molecule has 0 radical (unpaired) electrons. The molecule has 0 aromatic carbocycles. The molecule has 118 valence electrons. The maximum absolute atomic E-state index is 4.24. The van der Waals surface area contributed by atoms with Gasteiger partial charge in [0.25, 0.3) is 0 Å². The van der Waals surface area contributed by atoms with Crippen molar-refractivity contribution >= 4 is 0 Å². The smallest absolute Gasteiger partial charge is 0.115 e. The van der Waals surface area contributed by atoms with Crippen molar-refractivity contribution in [3.05, 3.63) is 24.3 Å². The Bertz CT molecular complexity index is 422. The molecule has 3 nitrogen and oxygen atoms in total. The third-order valence-electron chi connectivity index (χ3n) is 4.88. The van der Waals surface area contributed by atoms with Crippen LogP contribution in [-0.2, 0) is 0 Å². The minimum absolute atomic E-state index is 0.187. The van der Waals surface area contributed by atoms with E-state index in [0.29, 0.717) is 11.8 Å². The summed E-state index contributed by atoms with van der Waals surface area (Å²) in [6.45, 7) is 12.5. The lowest BCUT2D eigenvalue weighted by molar-refractivity contribution is 0.182. The molecule has 1 N–H and O–H groups in total. The number of nitrogens with zero attached hydrogens (tertiary/aromatic N) is 2. The molecule has 0 bridgehead atoms. The molecule has 1 aromatic rings. The Morgan fingerprint density at radius 1 is 1.19 bits per heavy atom. The lowest BCUT2D eigenvalue weighted by Gasteiger charge is -2.39. The van der Waals surface area contributed by atoms with E-state index in [1.165, 1.54) is 24.8 Å². The highest BCUT2D eigenvalue weighted by molar-refractivity contribution is 5.13. The molecule has 0 saturated heterocycles. The SMILES string of the molecule is CC(C)C1CCC(CNC(C)(C)C)C(c2cncnc2)C1. The lowest BCUT2D eigenvalue weighted by atomic mass is 9.68. The second-order valence-electron chi connectivity index (χ2n) is 7.99. The standard InChI is InChI=1S/C18H31N3/c1-13(2)14-6-7-15(11-21-18(3,4)5)17(8-14)16-9-19-12-20-10-16/h9-10,12-15,17,21H,6-8,11H2,1-5H3. The van der Waals surface area contributed by atoms with Crippen LogP contribution in [0.5, 0.6) is 0 Å². The summed E-state index contributed by atoms with van der Waals surface area (Å²) in [6, 6.07) is 0. The highest BCUT2D eigenvalue weighted by Crippen LogP contribution is 2.42. The van der Waals surface area contributed by atoms with Crippen molar-refractivity contribution in [3.63, 3.8) is 0 Å². The molecule has 3 atom stereocenters. The molecule has 3 heteroatoms. The van der Waals surface area contributed by atoms with Crippen molar-refractivity contribution < 1.29 is 0 Å². The summed E-state index contributed by atoms with van der Waals surface area (Å²) in [6.07, 6.45) is 9.62. The van der Waals surface area contributed by atoms with E-state index in [4.69, 9.17) is 0 Å². The van der Waals surface area contributed by atoms with Gasteiger partial charge in [0.1, 0.15) is 6.33 Å². The first kappa shape index (κ1) is 16.4. The third kappa shape index (κ3) is 4.77. The van der Waals surface area contributed by atoms with Crippen molar-refractivity contribution in [1.29, 1.82) is 0 Å². The fourth-order valence-electron chi connectivity index (χ4n) is 3.46. The van der Waals surface area contributed by atoms with E-state index < -0.39 is 0 Å². The molecule has 1 aliphatic rings. The average Bonchev–Trinajstić information content (AvgIpc) is 2.45. The molecular formula is C18H31N3. The van der Waals surface area contributed by atoms with Gasteiger partial charge in [-0.15, -0.1) is 0 Å². The summed E-state index contributed by atoms with van der Waals surface area (Å²) in [5.41, 5.74) is 1.51. The van der Waals surface area contributed by atoms with Gasteiger partial charge in [0.2, 0.25) is 0 Å². The Morgan fingerprint density at radius 2 is 1.86 bits per heavy atom. The van der Waals surface area contributed by atoms with Crippen molar-refractivity contribution in [2.24, 2.45) is 17.8 Å². The maximum atomic E-state index is 4.24. The first-order valence-corrected chi connectivity index (χ1v) is 8.36. The summed E-state index contributed by atoms with van der Waals surface area (Å²) in [5.74, 6) is 2.90. The van der Waals surface area contributed by atoms with Gasteiger partial charge >= 0.3 is 0 Å². The Hall–Kier alpha value is -0.960. The predicted molar refractivity (Wildman–Crippen MR) is 88.2 cm³/mol. The van der Waals surface area contributed by atoms with Crippen LogP contribution in [0.1, 0.15) is 65.4 Å². The van der Waals surface area contributed by atoms with Crippen LogP contribution in [-0.4, -0.2) is 22.1 Å². The Balaban J connectivity index is 2.11. The van der Waals surface area contributed by atoms with Gasteiger partial charge in [-0.25, -0.2) is 9.97 Å². The first-order chi connectivity index (χ1) is 9.87. The monoisotopic (exact) mass is 289 g/mol. The van der Waals surface area contributed by atoms with Gasteiger partial charge in [0.05, 0.1) is 0 Å². The van der Waals surface area contributed by atoms with Gasteiger partial charge in [-0.3, -0.25) is 0 Å². The fourth-order valence-corrected chi connectivity index (χ4v) is 3.46. The summed E-state index contributed by atoms with van der Waals surface area (Å²) < 4.78 is 0. The normalized spacial score (nSPS) is 27.0. The van der Waals surface area contributed by atoms with E-state index in [0.717, 1.165) is 18.4 Å². The second kappa shape index (κ2) is 6.87. The minimum Gasteiger partial charge on any atom is -0.312 e. The Morgan fingerprint density at radius 3 is 2.43 bits per heavy atom. The van der Waals surface area contributed by atoms with E-state index in [1.807, 2.05) is 12.4 Å². The highest BCUT2D eigenvalue weighted by atomic mass is 14.9. The first-order valence-electron chi connectivity index (χ1n) is 8.36. The van der Waals surface area contributed by atoms with Crippen molar-refractivity contribution in [3.8, 4) is 0 Å².